The minimum absolute atomic E-state index is 0.375. The Bertz CT molecular complexity index is 632. The zero-order valence-electron chi connectivity index (χ0n) is 9.75. The van der Waals surface area contributed by atoms with E-state index in [1.54, 1.807) is 24.3 Å². The van der Waals surface area contributed by atoms with Crippen LogP contribution in [0.15, 0.2) is 36.5 Å². The fourth-order valence-electron chi connectivity index (χ4n) is 1.52. The second-order valence-electron chi connectivity index (χ2n) is 3.69. The van der Waals surface area contributed by atoms with Gasteiger partial charge in [0.2, 0.25) is 0 Å². The van der Waals surface area contributed by atoms with E-state index in [2.05, 4.69) is 9.97 Å². The first-order chi connectivity index (χ1) is 8.74. The van der Waals surface area contributed by atoms with Gasteiger partial charge in [0, 0.05) is 6.20 Å². The number of hydrogen-bond acceptors (Lipinski definition) is 4. The molecule has 2 aromatic heterocycles. The smallest absolute Gasteiger partial charge is 0.140 e. The highest BCUT2D eigenvalue weighted by Crippen LogP contribution is 2.19. The summed E-state index contributed by atoms with van der Waals surface area (Å²) in [5.74, 6) is 0.872. The molecule has 0 aliphatic heterocycles. The van der Waals surface area contributed by atoms with Crippen molar-refractivity contribution in [3.63, 3.8) is 0 Å². The van der Waals surface area contributed by atoms with Crippen LogP contribution in [0.25, 0.3) is 0 Å². The highest BCUT2D eigenvalue weighted by atomic mass is 14.7. The lowest BCUT2D eigenvalue weighted by atomic mass is 10.0. The second-order valence-corrected chi connectivity index (χ2v) is 3.69. The Morgan fingerprint density at radius 3 is 2.50 bits per heavy atom. The Labute approximate surface area is 105 Å². The minimum atomic E-state index is 0.375. The molecule has 0 atom stereocenters. The van der Waals surface area contributed by atoms with Crippen molar-refractivity contribution in [3.8, 4) is 12.1 Å². The molecule has 2 aromatic rings. The first-order valence-electron chi connectivity index (χ1n) is 5.32. The molecule has 0 N–H and O–H groups in total. The Balaban J connectivity index is 2.32. The van der Waals surface area contributed by atoms with Gasteiger partial charge in [-0.05, 0) is 31.2 Å². The van der Waals surface area contributed by atoms with E-state index < -0.39 is 0 Å². The van der Waals surface area contributed by atoms with Crippen LogP contribution >= 0.6 is 0 Å². The highest BCUT2D eigenvalue weighted by molar-refractivity contribution is 5.40. The molecule has 0 bridgehead atoms. The van der Waals surface area contributed by atoms with Gasteiger partial charge in [0.15, 0.2) is 0 Å². The van der Waals surface area contributed by atoms with Crippen molar-refractivity contribution >= 4 is 0 Å². The van der Waals surface area contributed by atoms with Crippen LogP contribution < -0.4 is 0 Å². The van der Waals surface area contributed by atoms with Gasteiger partial charge in [-0.25, -0.2) is 4.98 Å². The number of nitriles is 2. The predicted octanol–water partition coefficient (Wildman–Crippen LogP) is 2.21. The van der Waals surface area contributed by atoms with Gasteiger partial charge in [0.25, 0.3) is 0 Å². The van der Waals surface area contributed by atoms with E-state index in [0.717, 1.165) is 11.6 Å². The average molecular weight is 233 g/mol. The third kappa shape index (κ3) is 2.34. The third-order valence-corrected chi connectivity index (χ3v) is 2.52. The fourth-order valence-corrected chi connectivity index (χ4v) is 1.52. The molecule has 0 fully saturated rings. The molecule has 85 valence electrons. The normalized spacial score (nSPS) is 9.78. The van der Waals surface area contributed by atoms with E-state index in [9.17, 15) is 0 Å². The summed E-state index contributed by atoms with van der Waals surface area (Å²) in [6, 6.07) is 12.8. The van der Waals surface area contributed by atoms with Gasteiger partial charge in [0.1, 0.15) is 17.8 Å². The van der Waals surface area contributed by atoms with Crippen molar-refractivity contribution in [2.75, 3.05) is 0 Å². The molecular weight excluding hydrogens is 224 g/mol. The molecule has 0 unspecified atom stereocenters. The van der Waals surface area contributed by atoms with Crippen LogP contribution in [-0.4, -0.2) is 9.97 Å². The maximum atomic E-state index is 8.81. The van der Waals surface area contributed by atoms with E-state index in [-0.39, 0.29) is 0 Å². The molecule has 0 amide bonds. The zero-order chi connectivity index (χ0) is 13.0. The molecule has 18 heavy (non-hydrogen) atoms. The molecule has 0 aromatic carbocycles. The Morgan fingerprint density at radius 2 is 1.89 bits per heavy atom. The number of pyridine rings is 2. The highest BCUT2D eigenvalue weighted by Gasteiger charge is 2.12. The number of hydrogen-bond donors (Lipinski definition) is 0. The second kappa shape index (κ2) is 5.07. The molecule has 1 radical (unpaired) electrons. The van der Waals surface area contributed by atoms with Crippen molar-refractivity contribution in [2.24, 2.45) is 0 Å². The molecule has 0 aliphatic carbocycles. The predicted molar refractivity (Wildman–Crippen MR) is 65.0 cm³/mol. The van der Waals surface area contributed by atoms with Crippen LogP contribution in [-0.2, 0) is 0 Å². The largest absolute Gasteiger partial charge is 0.259 e. The molecule has 0 aliphatic rings. The van der Waals surface area contributed by atoms with Crippen molar-refractivity contribution in [3.05, 3.63) is 65.1 Å². The van der Waals surface area contributed by atoms with E-state index in [1.807, 2.05) is 25.1 Å². The van der Waals surface area contributed by atoms with Gasteiger partial charge in [-0.15, -0.1) is 0 Å². The van der Waals surface area contributed by atoms with Crippen LogP contribution in [0.1, 0.15) is 29.6 Å². The van der Waals surface area contributed by atoms with E-state index >= 15 is 0 Å². The van der Waals surface area contributed by atoms with Crippen molar-refractivity contribution in [1.82, 2.24) is 9.97 Å². The lowest BCUT2D eigenvalue weighted by Crippen LogP contribution is -2.03. The summed E-state index contributed by atoms with van der Waals surface area (Å²) in [5, 5.41) is 17.5. The van der Waals surface area contributed by atoms with Gasteiger partial charge in [-0.3, -0.25) is 4.98 Å². The molecule has 2 heterocycles. The third-order valence-electron chi connectivity index (χ3n) is 2.52. The van der Waals surface area contributed by atoms with Gasteiger partial charge in [0.05, 0.1) is 22.9 Å². The lowest BCUT2D eigenvalue weighted by molar-refractivity contribution is 1.02. The summed E-state index contributed by atoms with van der Waals surface area (Å²) >= 11 is 0. The van der Waals surface area contributed by atoms with Crippen LogP contribution in [0.2, 0.25) is 0 Å². The number of nitrogens with zero attached hydrogens (tertiary/aromatic N) is 4. The maximum Gasteiger partial charge on any atom is 0.140 e. The van der Waals surface area contributed by atoms with Crippen LogP contribution in [0.4, 0.5) is 0 Å². The molecule has 4 heteroatoms. The van der Waals surface area contributed by atoms with Crippen LogP contribution in [0, 0.1) is 28.6 Å². The monoisotopic (exact) mass is 233 g/mol. The molecule has 0 saturated heterocycles. The average Bonchev–Trinajstić information content (AvgIpc) is 2.46. The first kappa shape index (κ1) is 11.8. The van der Waals surface area contributed by atoms with E-state index in [4.69, 9.17) is 10.5 Å². The lowest BCUT2D eigenvalue weighted by Gasteiger charge is -2.09. The molecule has 0 spiro atoms. The van der Waals surface area contributed by atoms with Gasteiger partial charge in [-0.2, -0.15) is 10.5 Å². The van der Waals surface area contributed by atoms with Gasteiger partial charge < -0.3 is 0 Å². The quantitative estimate of drug-likeness (QED) is 0.797. The Morgan fingerprint density at radius 1 is 1.06 bits per heavy atom. The summed E-state index contributed by atoms with van der Waals surface area (Å²) < 4.78 is 0. The van der Waals surface area contributed by atoms with Crippen LogP contribution in [0.3, 0.4) is 0 Å². The summed E-state index contributed by atoms with van der Waals surface area (Å²) in [6.45, 7) is 1.89. The van der Waals surface area contributed by atoms with Crippen LogP contribution in [0.5, 0.6) is 0 Å². The standard InChI is InChI=1S/C14H9N4/c1-10(13-6-5-11(7-15)9-17-13)14-4-2-3-12(8-16)18-14/h2-6,9H,1H3. The minimum Gasteiger partial charge on any atom is -0.259 e. The summed E-state index contributed by atoms with van der Waals surface area (Å²) in [5.41, 5.74) is 2.36. The Kier molecular flexibility index (Phi) is 3.31. The molecule has 4 nitrogen and oxygen atoms in total. The van der Waals surface area contributed by atoms with Crippen molar-refractivity contribution in [2.45, 2.75) is 6.92 Å². The van der Waals surface area contributed by atoms with Crippen molar-refractivity contribution < 1.29 is 0 Å². The van der Waals surface area contributed by atoms with E-state index in [1.165, 1.54) is 6.20 Å². The fraction of sp³-hybridized carbons (Fsp3) is 0.0714. The summed E-state index contributed by atoms with van der Waals surface area (Å²) in [4.78, 5) is 8.41. The molecular formula is C14H9N4. The molecule has 0 saturated carbocycles. The topological polar surface area (TPSA) is 73.4 Å². The van der Waals surface area contributed by atoms with E-state index in [0.29, 0.717) is 17.0 Å². The number of aromatic nitrogens is 2. The first-order valence-corrected chi connectivity index (χ1v) is 5.32. The summed E-state index contributed by atoms with van der Waals surface area (Å²) in [7, 11) is 0. The maximum absolute atomic E-state index is 8.81. The zero-order valence-corrected chi connectivity index (χ0v) is 9.75. The van der Waals surface area contributed by atoms with Gasteiger partial charge in [-0.1, -0.05) is 6.07 Å². The number of rotatable bonds is 2. The van der Waals surface area contributed by atoms with Crippen molar-refractivity contribution in [1.29, 1.82) is 10.5 Å². The Hall–Kier alpha value is -2.72. The molecule has 2 rings (SSSR count). The van der Waals surface area contributed by atoms with Gasteiger partial charge >= 0.3 is 0 Å². The SMILES string of the molecule is C[C](c1ccc(C#N)cn1)c1cccc(C#N)n1. The summed E-state index contributed by atoms with van der Waals surface area (Å²) in [6.07, 6.45) is 1.52.